The van der Waals surface area contributed by atoms with E-state index in [1.165, 1.54) is 32.1 Å². The Balaban J connectivity index is 2.49. The largest absolute Gasteiger partial charge is 0.374 e. The van der Waals surface area contributed by atoms with Crippen LogP contribution in [-0.4, -0.2) is 24.8 Å². The predicted octanol–water partition coefficient (Wildman–Crippen LogP) is 3.75. The highest BCUT2D eigenvalue weighted by Gasteiger charge is 2.34. The lowest BCUT2D eigenvalue weighted by atomic mass is 9.88. The number of nitrogens with one attached hydrogen (secondary N) is 1. The van der Waals surface area contributed by atoms with Crippen molar-refractivity contribution in [1.29, 1.82) is 0 Å². The number of hydrogen-bond acceptors (Lipinski definition) is 2. The summed E-state index contributed by atoms with van der Waals surface area (Å²) in [5.74, 6) is 1.02. The van der Waals surface area contributed by atoms with E-state index in [-0.39, 0.29) is 5.60 Å². The van der Waals surface area contributed by atoms with Crippen LogP contribution in [0.3, 0.4) is 0 Å². The maximum absolute atomic E-state index is 6.03. The van der Waals surface area contributed by atoms with Crippen LogP contribution in [0.5, 0.6) is 0 Å². The lowest BCUT2D eigenvalue weighted by molar-refractivity contribution is -0.0575. The molecule has 0 saturated heterocycles. The van der Waals surface area contributed by atoms with E-state index >= 15 is 0 Å². The van der Waals surface area contributed by atoms with Crippen molar-refractivity contribution < 1.29 is 4.74 Å². The second-order valence-electron chi connectivity index (χ2n) is 5.63. The van der Waals surface area contributed by atoms with Crippen molar-refractivity contribution >= 4 is 0 Å². The van der Waals surface area contributed by atoms with E-state index in [1.54, 1.807) is 0 Å². The Bertz CT molecular complexity index is 203. The van der Waals surface area contributed by atoms with E-state index < -0.39 is 0 Å². The first-order valence-electron chi connectivity index (χ1n) is 7.53. The minimum atomic E-state index is 0.0127. The molecule has 0 heterocycles. The molecular weight excluding hydrogens is 210 g/mol. The number of ether oxygens (including phenoxy) is 1. The fourth-order valence-electron chi connectivity index (χ4n) is 2.53. The van der Waals surface area contributed by atoms with Gasteiger partial charge in [0.2, 0.25) is 0 Å². The Hall–Kier alpha value is -0.0800. The van der Waals surface area contributed by atoms with Gasteiger partial charge in [-0.3, -0.25) is 0 Å². The molecule has 1 aliphatic rings. The molecule has 0 aromatic carbocycles. The van der Waals surface area contributed by atoms with Crippen molar-refractivity contribution in [3.05, 3.63) is 0 Å². The molecule has 1 fully saturated rings. The van der Waals surface area contributed by atoms with Gasteiger partial charge >= 0.3 is 0 Å². The SMILES string of the molecule is CCCNC(CCC1CC1)C(C)(CC)OCC. The van der Waals surface area contributed by atoms with E-state index in [4.69, 9.17) is 4.74 Å². The van der Waals surface area contributed by atoms with Crippen molar-refractivity contribution in [2.45, 2.75) is 77.9 Å². The smallest absolute Gasteiger partial charge is 0.0803 e. The van der Waals surface area contributed by atoms with Gasteiger partial charge in [-0.25, -0.2) is 0 Å². The highest BCUT2D eigenvalue weighted by Crippen LogP contribution is 2.35. The molecule has 0 amide bonds. The van der Waals surface area contributed by atoms with Crippen molar-refractivity contribution in [2.75, 3.05) is 13.2 Å². The average molecular weight is 241 g/mol. The summed E-state index contributed by atoms with van der Waals surface area (Å²) in [6, 6.07) is 0.521. The monoisotopic (exact) mass is 241 g/mol. The molecule has 2 nitrogen and oxygen atoms in total. The molecule has 2 heteroatoms. The third-order valence-corrected chi connectivity index (χ3v) is 4.11. The molecule has 1 rings (SSSR count). The second-order valence-corrected chi connectivity index (χ2v) is 5.63. The van der Waals surface area contributed by atoms with Gasteiger partial charge in [0.25, 0.3) is 0 Å². The Morgan fingerprint density at radius 3 is 2.47 bits per heavy atom. The Morgan fingerprint density at radius 2 is 2.00 bits per heavy atom. The van der Waals surface area contributed by atoms with Crippen molar-refractivity contribution in [3.8, 4) is 0 Å². The molecule has 1 N–H and O–H groups in total. The van der Waals surface area contributed by atoms with Crippen LogP contribution in [-0.2, 0) is 4.74 Å². The van der Waals surface area contributed by atoms with E-state index in [2.05, 4.69) is 33.0 Å². The molecular formula is C15H31NO. The van der Waals surface area contributed by atoms with Crippen molar-refractivity contribution in [3.63, 3.8) is 0 Å². The molecule has 0 aliphatic heterocycles. The molecule has 2 atom stereocenters. The van der Waals surface area contributed by atoms with Crippen LogP contribution in [0.25, 0.3) is 0 Å². The van der Waals surface area contributed by atoms with Gasteiger partial charge in [-0.15, -0.1) is 0 Å². The van der Waals surface area contributed by atoms with Crippen LogP contribution >= 0.6 is 0 Å². The summed E-state index contributed by atoms with van der Waals surface area (Å²) >= 11 is 0. The first-order chi connectivity index (χ1) is 8.16. The van der Waals surface area contributed by atoms with Crippen molar-refractivity contribution in [1.82, 2.24) is 5.32 Å². The van der Waals surface area contributed by atoms with E-state index in [9.17, 15) is 0 Å². The Kier molecular flexibility index (Phi) is 6.50. The van der Waals surface area contributed by atoms with Gasteiger partial charge in [0, 0.05) is 12.6 Å². The topological polar surface area (TPSA) is 21.3 Å². The summed E-state index contributed by atoms with van der Waals surface area (Å²) in [4.78, 5) is 0. The summed E-state index contributed by atoms with van der Waals surface area (Å²) in [5.41, 5.74) is 0.0127. The molecule has 0 aromatic heterocycles. The fourth-order valence-corrected chi connectivity index (χ4v) is 2.53. The quantitative estimate of drug-likeness (QED) is 0.629. The molecule has 0 spiro atoms. The van der Waals surface area contributed by atoms with Gasteiger partial charge in [-0.1, -0.05) is 26.7 Å². The van der Waals surface area contributed by atoms with Crippen LogP contribution in [0.2, 0.25) is 0 Å². The van der Waals surface area contributed by atoms with Gasteiger partial charge in [0.1, 0.15) is 0 Å². The van der Waals surface area contributed by atoms with Crippen LogP contribution < -0.4 is 5.32 Å². The molecule has 0 bridgehead atoms. The van der Waals surface area contributed by atoms with Crippen LogP contribution in [0, 0.1) is 5.92 Å². The Morgan fingerprint density at radius 1 is 1.29 bits per heavy atom. The minimum Gasteiger partial charge on any atom is -0.374 e. The molecule has 17 heavy (non-hydrogen) atoms. The molecule has 1 aliphatic carbocycles. The average Bonchev–Trinajstić information content (AvgIpc) is 3.13. The van der Waals surface area contributed by atoms with E-state index in [1.807, 2.05) is 0 Å². The predicted molar refractivity (Wildman–Crippen MR) is 74.4 cm³/mol. The van der Waals surface area contributed by atoms with Gasteiger partial charge in [0.15, 0.2) is 0 Å². The first-order valence-corrected chi connectivity index (χ1v) is 7.53. The third kappa shape index (κ3) is 4.97. The minimum absolute atomic E-state index is 0.0127. The molecule has 102 valence electrons. The molecule has 0 radical (unpaired) electrons. The normalized spacial score (nSPS) is 21.2. The number of rotatable bonds is 10. The van der Waals surface area contributed by atoms with Crippen LogP contribution in [0.15, 0.2) is 0 Å². The molecule has 1 saturated carbocycles. The first kappa shape index (κ1) is 15.0. The van der Waals surface area contributed by atoms with Crippen molar-refractivity contribution in [2.24, 2.45) is 5.92 Å². The zero-order valence-electron chi connectivity index (χ0n) is 12.2. The zero-order chi connectivity index (χ0) is 12.7. The van der Waals surface area contributed by atoms with E-state index in [0.717, 1.165) is 25.5 Å². The number of hydrogen-bond donors (Lipinski definition) is 1. The fraction of sp³-hybridized carbons (Fsp3) is 1.00. The third-order valence-electron chi connectivity index (χ3n) is 4.11. The highest BCUT2D eigenvalue weighted by atomic mass is 16.5. The second kappa shape index (κ2) is 7.38. The summed E-state index contributed by atoms with van der Waals surface area (Å²) < 4.78 is 6.03. The zero-order valence-corrected chi connectivity index (χ0v) is 12.2. The van der Waals surface area contributed by atoms with Gasteiger partial charge in [-0.05, 0) is 52.0 Å². The maximum Gasteiger partial charge on any atom is 0.0803 e. The van der Waals surface area contributed by atoms with E-state index in [0.29, 0.717) is 6.04 Å². The standard InChI is InChI=1S/C15H31NO/c1-5-12-16-14(11-10-13-8-9-13)15(4,6-2)17-7-3/h13-14,16H,5-12H2,1-4H3. The summed E-state index contributed by atoms with van der Waals surface area (Å²) in [6.45, 7) is 10.8. The highest BCUT2D eigenvalue weighted by molar-refractivity contribution is 4.90. The Labute approximate surface area is 108 Å². The van der Waals surface area contributed by atoms with Crippen LogP contribution in [0.1, 0.15) is 66.2 Å². The summed E-state index contributed by atoms with van der Waals surface area (Å²) in [7, 11) is 0. The summed E-state index contributed by atoms with van der Waals surface area (Å²) in [5, 5.41) is 3.70. The molecule has 2 unspecified atom stereocenters. The lowest BCUT2D eigenvalue weighted by Crippen LogP contribution is -2.50. The van der Waals surface area contributed by atoms with Gasteiger partial charge < -0.3 is 10.1 Å². The van der Waals surface area contributed by atoms with Gasteiger partial charge in [0.05, 0.1) is 5.60 Å². The van der Waals surface area contributed by atoms with Crippen LogP contribution in [0.4, 0.5) is 0 Å². The van der Waals surface area contributed by atoms with Gasteiger partial charge in [-0.2, -0.15) is 0 Å². The lowest BCUT2D eigenvalue weighted by Gasteiger charge is -2.37. The molecule has 0 aromatic rings. The summed E-state index contributed by atoms with van der Waals surface area (Å²) in [6.07, 6.45) is 7.85. The maximum atomic E-state index is 6.03.